The van der Waals surface area contributed by atoms with Gasteiger partial charge >= 0.3 is 0 Å². The Balaban J connectivity index is 2.25. The Morgan fingerprint density at radius 1 is 1.09 bits per heavy atom. The molecule has 2 aromatic carbocycles. The number of rotatable bonds is 3. The lowest BCUT2D eigenvalue weighted by Crippen LogP contribution is -2.11. The molecule has 2 N–H and O–H groups in total. The zero-order chi connectivity index (χ0) is 15.9. The molecule has 0 aliphatic rings. The number of ketones is 1. The van der Waals surface area contributed by atoms with Gasteiger partial charge in [-0.25, -0.2) is 0 Å². The predicted octanol–water partition coefficient (Wildman–Crippen LogP) is 3.69. The molecule has 3 aromatic rings. The lowest BCUT2D eigenvalue weighted by Gasteiger charge is -2.08. The van der Waals surface area contributed by atoms with Crippen LogP contribution in [0.25, 0.3) is 16.6 Å². The van der Waals surface area contributed by atoms with Gasteiger partial charge in [0.1, 0.15) is 0 Å². The third-order valence-electron chi connectivity index (χ3n) is 3.59. The van der Waals surface area contributed by atoms with Crippen LogP contribution in [0, 0.1) is 0 Å². The first-order chi connectivity index (χ1) is 10.5. The molecule has 0 fully saturated rings. The standard InChI is InChI=1S/C17H13BrN2O2/c1-10(21)14-9-20(16-5-3-2-4-12(14)16)11-6-7-13(17(19)22)15(18)8-11/h2-9H,1H3,(H2,19,22). The molecule has 5 heteroatoms. The molecule has 110 valence electrons. The molecule has 0 aliphatic heterocycles. The van der Waals surface area contributed by atoms with E-state index >= 15 is 0 Å². The first kappa shape index (κ1) is 14.5. The van der Waals surface area contributed by atoms with Gasteiger partial charge in [-0.2, -0.15) is 0 Å². The van der Waals surface area contributed by atoms with Crippen molar-refractivity contribution < 1.29 is 9.59 Å². The summed E-state index contributed by atoms with van der Waals surface area (Å²) in [7, 11) is 0. The second kappa shape index (κ2) is 5.42. The highest BCUT2D eigenvalue weighted by Gasteiger charge is 2.14. The monoisotopic (exact) mass is 356 g/mol. The zero-order valence-electron chi connectivity index (χ0n) is 11.8. The molecule has 0 saturated carbocycles. The Morgan fingerprint density at radius 3 is 2.45 bits per heavy atom. The van der Waals surface area contributed by atoms with Gasteiger partial charge in [-0.3, -0.25) is 9.59 Å². The van der Waals surface area contributed by atoms with Crippen LogP contribution >= 0.6 is 15.9 Å². The molecule has 3 rings (SSSR count). The van der Waals surface area contributed by atoms with E-state index in [9.17, 15) is 9.59 Å². The van der Waals surface area contributed by atoms with Crippen molar-refractivity contribution in [3.05, 3.63) is 64.3 Å². The van der Waals surface area contributed by atoms with E-state index in [0.717, 1.165) is 16.6 Å². The molecule has 0 unspecified atom stereocenters. The van der Waals surface area contributed by atoms with E-state index in [1.807, 2.05) is 41.1 Å². The number of nitrogens with two attached hydrogens (primary N) is 1. The first-order valence-electron chi connectivity index (χ1n) is 6.70. The average Bonchev–Trinajstić information content (AvgIpc) is 2.86. The van der Waals surface area contributed by atoms with Gasteiger partial charge in [-0.15, -0.1) is 0 Å². The number of benzene rings is 2. The number of halogens is 1. The summed E-state index contributed by atoms with van der Waals surface area (Å²) in [6.07, 6.45) is 1.82. The Kier molecular flexibility index (Phi) is 3.58. The summed E-state index contributed by atoms with van der Waals surface area (Å²) >= 11 is 3.36. The topological polar surface area (TPSA) is 65.1 Å². The van der Waals surface area contributed by atoms with E-state index in [1.54, 1.807) is 19.1 Å². The van der Waals surface area contributed by atoms with Crippen LogP contribution in [0.5, 0.6) is 0 Å². The molecule has 1 heterocycles. The molecule has 0 radical (unpaired) electrons. The fraction of sp³-hybridized carbons (Fsp3) is 0.0588. The lowest BCUT2D eigenvalue weighted by atomic mass is 10.1. The van der Waals surface area contributed by atoms with Crippen molar-refractivity contribution in [3.8, 4) is 5.69 Å². The molecule has 22 heavy (non-hydrogen) atoms. The third-order valence-corrected chi connectivity index (χ3v) is 4.24. The molecule has 0 spiro atoms. The molecule has 0 aliphatic carbocycles. The highest BCUT2D eigenvalue weighted by Crippen LogP contribution is 2.27. The van der Waals surface area contributed by atoms with Gasteiger partial charge in [0.05, 0.1) is 11.1 Å². The molecule has 0 atom stereocenters. The van der Waals surface area contributed by atoms with Gasteiger partial charge in [0.25, 0.3) is 0 Å². The summed E-state index contributed by atoms with van der Waals surface area (Å²) in [5, 5.41) is 0.908. The van der Waals surface area contributed by atoms with Crippen LogP contribution in [0.15, 0.2) is 53.1 Å². The minimum Gasteiger partial charge on any atom is -0.366 e. The summed E-state index contributed by atoms with van der Waals surface area (Å²) < 4.78 is 2.56. The third kappa shape index (κ3) is 2.33. The van der Waals surface area contributed by atoms with Gasteiger partial charge in [0, 0.05) is 27.3 Å². The Morgan fingerprint density at radius 2 is 1.82 bits per heavy atom. The van der Waals surface area contributed by atoms with Gasteiger partial charge < -0.3 is 10.3 Å². The highest BCUT2D eigenvalue weighted by atomic mass is 79.9. The second-order valence-corrected chi connectivity index (χ2v) is 5.87. The number of hydrogen-bond acceptors (Lipinski definition) is 2. The maximum atomic E-state index is 11.8. The van der Waals surface area contributed by atoms with E-state index in [-0.39, 0.29) is 5.78 Å². The van der Waals surface area contributed by atoms with Crippen LogP contribution in [0.1, 0.15) is 27.6 Å². The summed E-state index contributed by atoms with van der Waals surface area (Å²) in [6.45, 7) is 1.55. The molecule has 1 aromatic heterocycles. The number of carbonyl (C=O) groups excluding carboxylic acids is 2. The van der Waals surface area contributed by atoms with Crippen LogP contribution in [-0.2, 0) is 0 Å². The molecule has 0 bridgehead atoms. The molecule has 4 nitrogen and oxygen atoms in total. The van der Waals surface area contributed by atoms with Crippen LogP contribution in [0.3, 0.4) is 0 Å². The van der Waals surface area contributed by atoms with Crippen LogP contribution in [0.4, 0.5) is 0 Å². The lowest BCUT2D eigenvalue weighted by molar-refractivity contribution is 0.0996. The molecule has 0 saturated heterocycles. The number of Topliss-reactive ketones (excluding diaryl/α,β-unsaturated/α-hetero) is 1. The van der Waals surface area contributed by atoms with Crippen molar-refractivity contribution in [1.82, 2.24) is 4.57 Å². The van der Waals surface area contributed by atoms with Crippen molar-refractivity contribution >= 4 is 38.5 Å². The van der Waals surface area contributed by atoms with Gasteiger partial charge in [-0.1, -0.05) is 18.2 Å². The molecular weight excluding hydrogens is 344 g/mol. The number of carbonyl (C=O) groups is 2. The SMILES string of the molecule is CC(=O)c1cn(-c2ccc(C(N)=O)c(Br)c2)c2ccccc12. The number of aromatic nitrogens is 1. The zero-order valence-corrected chi connectivity index (χ0v) is 13.4. The van der Waals surface area contributed by atoms with Crippen molar-refractivity contribution in [3.63, 3.8) is 0 Å². The van der Waals surface area contributed by atoms with Gasteiger partial charge in [0.15, 0.2) is 5.78 Å². The van der Waals surface area contributed by atoms with E-state index in [0.29, 0.717) is 15.6 Å². The van der Waals surface area contributed by atoms with Gasteiger partial charge in [0.2, 0.25) is 5.91 Å². The highest BCUT2D eigenvalue weighted by molar-refractivity contribution is 9.10. The predicted molar refractivity (Wildman–Crippen MR) is 89.5 cm³/mol. The summed E-state index contributed by atoms with van der Waals surface area (Å²) in [5.74, 6) is -0.469. The second-order valence-electron chi connectivity index (χ2n) is 5.01. The summed E-state index contributed by atoms with van der Waals surface area (Å²) in [6, 6.07) is 13.0. The number of nitrogens with zero attached hydrogens (tertiary/aromatic N) is 1. The number of amides is 1. The van der Waals surface area contributed by atoms with Crippen LogP contribution in [0.2, 0.25) is 0 Å². The molecule has 1 amide bonds. The van der Waals surface area contributed by atoms with E-state index in [2.05, 4.69) is 15.9 Å². The molecular formula is C17H13BrN2O2. The van der Waals surface area contributed by atoms with Crippen LogP contribution in [-0.4, -0.2) is 16.3 Å². The van der Waals surface area contributed by atoms with Crippen molar-refractivity contribution in [2.45, 2.75) is 6.92 Å². The Bertz CT molecular complexity index is 912. The maximum absolute atomic E-state index is 11.8. The average molecular weight is 357 g/mol. The number of fused-ring (bicyclic) bond motifs is 1. The number of primary amides is 1. The summed E-state index contributed by atoms with van der Waals surface area (Å²) in [4.78, 5) is 23.1. The number of para-hydroxylation sites is 1. The minimum atomic E-state index is -0.486. The largest absolute Gasteiger partial charge is 0.366 e. The van der Waals surface area contributed by atoms with E-state index in [1.165, 1.54) is 0 Å². The van der Waals surface area contributed by atoms with Gasteiger partial charge in [-0.05, 0) is 47.1 Å². The van der Waals surface area contributed by atoms with Crippen molar-refractivity contribution in [1.29, 1.82) is 0 Å². The first-order valence-corrected chi connectivity index (χ1v) is 7.49. The smallest absolute Gasteiger partial charge is 0.249 e. The fourth-order valence-electron chi connectivity index (χ4n) is 2.53. The maximum Gasteiger partial charge on any atom is 0.249 e. The normalized spacial score (nSPS) is 10.8. The number of hydrogen-bond donors (Lipinski definition) is 1. The quantitative estimate of drug-likeness (QED) is 0.727. The Hall–Kier alpha value is -2.40. The minimum absolute atomic E-state index is 0.0165. The summed E-state index contributed by atoms with van der Waals surface area (Å²) in [5.41, 5.74) is 8.20. The van der Waals surface area contributed by atoms with E-state index in [4.69, 9.17) is 5.73 Å². The fourth-order valence-corrected chi connectivity index (χ4v) is 3.09. The van der Waals surface area contributed by atoms with Crippen LogP contribution < -0.4 is 5.73 Å². The van der Waals surface area contributed by atoms with Crippen molar-refractivity contribution in [2.24, 2.45) is 5.73 Å². The van der Waals surface area contributed by atoms with Crippen molar-refractivity contribution in [2.75, 3.05) is 0 Å². The Labute approximate surface area is 135 Å². The van der Waals surface area contributed by atoms with E-state index < -0.39 is 5.91 Å².